The van der Waals surface area contributed by atoms with E-state index in [0.717, 1.165) is 29.7 Å². The van der Waals surface area contributed by atoms with Gasteiger partial charge in [0.25, 0.3) is 5.91 Å². The fourth-order valence-corrected chi connectivity index (χ4v) is 3.23. The molecule has 2 atom stereocenters. The molecule has 0 fully saturated rings. The third-order valence-corrected chi connectivity index (χ3v) is 4.71. The summed E-state index contributed by atoms with van der Waals surface area (Å²) in [4.78, 5) is 51.4. The molecular weight excluding hydrogens is 436 g/mol. The van der Waals surface area contributed by atoms with Crippen LogP contribution in [0.1, 0.15) is 70.5 Å². The smallest absolute Gasteiger partial charge is 0.408 e. The van der Waals surface area contributed by atoms with Crippen molar-refractivity contribution >= 4 is 23.8 Å². The van der Waals surface area contributed by atoms with Crippen LogP contribution < -0.4 is 16.4 Å². The van der Waals surface area contributed by atoms with Crippen molar-refractivity contribution < 1.29 is 23.9 Å². The van der Waals surface area contributed by atoms with Crippen LogP contribution in [0, 0.1) is 19.4 Å². The molecule has 1 aromatic carbocycles. The first-order chi connectivity index (χ1) is 15.9. The molecule has 1 rings (SSSR count). The van der Waals surface area contributed by atoms with Gasteiger partial charge in [0, 0.05) is 12.6 Å². The van der Waals surface area contributed by atoms with Crippen LogP contribution in [0.5, 0.6) is 0 Å². The van der Waals surface area contributed by atoms with Gasteiger partial charge in [-0.15, -0.1) is 0 Å². The van der Waals surface area contributed by atoms with Gasteiger partial charge in [-0.1, -0.05) is 56.0 Å². The molecule has 0 spiro atoms. The van der Waals surface area contributed by atoms with Crippen LogP contribution in [0.4, 0.5) is 4.79 Å². The Morgan fingerprint density at radius 1 is 1.21 bits per heavy atom. The lowest BCUT2D eigenvalue weighted by Gasteiger charge is -2.30. The van der Waals surface area contributed by atoms with Gasteiger partial charge < -0.3 is 21.1 Å². The summed E-state index contributed by atoms with van der Waals surface area (Å²) in [6.45, 7) is 9.28. The number of primary amides is 1. The summed E-state index contributed by atoms with van der Waals surface area (Å²) >= 11 is 0. The maximum Gasteiger partial charge on any atom is 0.408 e. The highest BCUT2D eigenvalue weighted by Gasteiger charge is 2.36. The van der Waals surface area contributed by atoms with Crippen LogP contribution >= 0.6 is 0 Å². The van der Waals surface area contributed by atoms with Crippen molar-refractivity contribution in [3.63, 3.8) is 0 Å². The molecule has 0 saturated carbocycles. The van der Waals surface area contributed by atoms with Gasteiger partial charge in [0.05, 0.1) is 6.42 Å². The van der Waals surface area contributed by atoms with Crippen LogP contribution in [0.3, 0.4) is 0 Å². The first kappa shape index (κ1) is 28.5. The number of terminal acetylenes is 1. The van der Waals surface area contributed by atoms with Crippen molar-refractivity contribution in [1.29, 1.82) is 0 Å². The molecule has 9 nitrogen and oxygen atoms in total. The Balaban J connectivity index is 3.30. The number of carbonyl (C=O) groups excluding carboxylic acids is 4. The zero-order valence-corrected chi connectivity index (χ0v) is 20.6. The van der Waals surface area contributed by atoms with E-state index in [1.54, 1.807) is 39.0 Å². The Morgan fingerprint density at radius 3 is 2.41 bits per heavy atom. The second kappa shape index (κ2) is 13.2. The third-order valence-electron chi connectivity index (χ3n) is 4.71. The molecule has 2 unspecified atom stereocenters. The molecular formula is C25H36N4O5. The lowest BCUT2D eigenvalue weighted by atomic mass is 10.0. The van der Waals surface area contributed by atoms with Crippen molar-refractivity contribution in [3.05, 3.63) is 35.4 Å². The zero-order chi connectivity index (χ0) is 25.9. The number of alkyl carbamates (subject to hydrolysis) is 1. The second-order valence-corrected chi connectivity index (χ2v) is 9.02. The van der Waals surface area contributed by atoms with E-state index < -0.39 is 47.9 Å². The largest absolute Gasteiger partial charge is 0.444 e. The Labute approximate surface area is 201 Å². The Kier molecular flexibility index (Phi) is 11.1. The minimum absolute atomic E-state index is 0.419. The Morgan fingerprint density at radius 2 is 1.88 bits per heavy atom. The predicted octanol–water partition coefficient (Wildman–Crippen LogP) is 2.53. The summed E-state index contributed by atoms with van der Waals surface area (Å²) in [7, 11) is 0. The Hall–Kier alpha value is -3.54. The van der Waals surface area contributed by atoms with E-state index in [1.165, 1.54) is 0 Å². The van der Waals surface area contributed by atoms with E-state index >= 15 is 0 Å². The first-order valence-corrected chi connectivity index (χ1v) is 11.3. The summed E-state index contributed by atoms with van der Waals surface area (Å²) in [6.07, 6.45) is 6.94. The van der Waals surface area contributed by atoms with E-state index in [9.17, 15) is 19.2 Å². The summed E-state index contributed by atoms with van der Waals surface area (Å²) in [5.74, 6) is -2.13. The molecule has 0 aromatic heterocycles. The van der Waals surface area contributed by atoms with Crippen LogP contribution in [0.2, 0.25) is 0 Å². The summed E-state index contributed by atoms with van der Waals surface area (Å²) < 4.78 is 5.19. The lowest BCUT2D eigenvalue weighted by Crippen LogP contribution is -2.52. The molecule has 186 valence electrons. The summed E-state index contributed by atoms with van der Waals surface area (Å²) in [6, 6.07) is 6.71. The fourth-order valence-electron chi connectivity index (χ4n) is 3.23. The van der Waals surface area contributed by atoms with Crippen molar-refractivity contribution in [2.24, 2.45) is 5.73 Å². The van der Waals surface area contributed by atoms with Gasteiger partial charge in [-0.25, -0.2) is 4.79 Å². The number of amides is 4. The minimum atomic E-state index is -1.41. The number of hydrogen-bond donors (Lipinski definition) is 3. The van der Waals surface area contributed by atoms with Crippen LogP contribution in [-0.2, 0) is 19.1 Å². The van der Waals surface area contributed by atoms with Crippen molar-refractivity contribution in [2.45, 2.75) is 78.0 Å². The van der Waals surface area contributed by atoms with Crippen molar-refractivity contribution in [2.75, 3.05) is 6.54 Å². The highest BCUT2D eigenvalue weighted by molar-refractivity contribution is 5.95. The highest BCUT2D eigenvalue weighted by Crippen LogP contribution is 2.23. The number of rotatable bonds is 11. The molecule has 0 heterocycles. The number of ether oxygens (including phenoxy) is 1. The quantitative estimate of drug-likeness (QED) is 0.259. The molecule has 0 aliphatic heterocycles. The maximum absolute atomic E-state index is 13.4. The standard InChI is InChI=1S/C25H36N4O5/c1-7-9-10-14-27-22(31)21(18-13-11-12-17(3)15-18)29(8-2)23(32)19(16-20(26)30)28-24(33)34-25(4,5)6/h2,11-13,15,19,21H,7,9-10,14,16H2,1,3-6H3,(H2,26,30)(H,27,31)(H,28,33). The number of nitrogens with one attached hydrogen (secondary N) is 2. The normalized spacial score (nSPS) is 12.6. The number of unbranched alkanes of at least 4 members (excludes halogenated alkanes) is 2. The van der Waals surface area contributed by atoms with Gasteiger partial charge in [0.1, 0.15) is 17.7 Å². The van der Waals surface area contributed by atoms with Crippen LogP contribution in [0.15, 0.2) is 24.3 Å². The van der Waals surface area contributed by atoms with E-state index in [-0.39, 0.29) is 0 Å². The summed E-state index contributed by atoms with van der Waals surface area (Å²) in [5, 5.41) is 5.18. The van der Waals surface area contributed by atoms with Gasteiger partial charge in [-0.05, 0) is 39.7 Å². The van der Waals surface area contributed by atoms with E-state index in [4.69, 9.17) is 16.9 Å². The molecule has 34 heavy (non-hydrogen) atoms. The monoisotopic (exact) mass is 472 g/mol. The van der Waals surface area contributed by atoms with Gasteiger partial charge >= 0.3 is 6.09 Å². The number of carbonyl (C=O) groups is 4. The molecule has 0 bridgehead atoms. The van der Waals surface area contributed by atoms with Gasteiger partial charge in [0.2, 0.25) is 11.8 Å². The predicted molar refractivity (Wildman–Crippen MR) is 129 cm³/mol. The molecule has 9 heteroatoms. The average molecular weight is 473 g/mol. The van der Waals surface area contributed by atoms with E-state index in [0.29, 0.717) is 12.1 Å². The fraction of sp³-hybridized carbons (Fsp3) is 0.520. The summed E-state index contributed by atoms with van der Waals surface area (Å²) in [5.41, 5.74) is 5.83. The number of aryl methyl sites for hydroxylation is 1. The topological polar surface area (TPSA) is 131 Å². The first-order valence-electron chi connectivity index (χ1n) is 11.3. The number of nitrogens with zero attached hydrogens (tertiary/aromatic N) is 1. The van der Waals surface area contributed by atoms with Gasteiger partial charge in [-0.3, -0.25) is 19.3 Å². The minimum Gasteiger partial charge on any atom is -0.444 e. The SMILES string of the molecule is C#CN(C(=O)C(CC(N)=O)NC(=O)OC(C)(C)C)C(C(=O)NCCCCC)c1cccc(C)c1. The van der Waals surface area contributed by atoms with Crippen LogP contribution in [-0.4, -0.2) is 46.9 Å². The van der Waals surface area contributed by atoms with Gasteiger partial charge in [-0.2, -0.15) is 0 Å². The average Bonchev–Trinajstić information content (AvgIpc) is 2.72. The van der Waals surface area contributed by atoms with E-state index in [1.807, 2.05) is 19.9 Å². The molecule has 1 aromatic rings. The molecule has 0 saturated heterocycles. The number of nitrogens with two attached hydrogens (primary N) is 1. The molecule has 4 N–H and O–H groups in total. The van der Waals surface area contributed by atoms with Gasteiger partial charge in [0.15, 0.2) is 0 Å². The highest BCUT2D eigenvalue weighted by atomic mass is 16.6. The Bertz CT molecular complexity index is 917. The van der Waals surface area contributed by atoms with E-state index in [2.05, 4.69) is 16.7 Å². The zero-order valence-electron chi connectivity index (χ0n) is 20.6. The van der Waals surface area contributed by atoms with Crippen LogP contribution in [0.25, 0.3) is 0 Å². The number of hydrogen-bond acceptors (Lipinski definition) is 5. The second-order valence-electron chi connectivity index (χ2n) is 9.02. The third kappa shape index (κ3) is 9.53. The van der Waals surface area contributed by atoms with Crippen molar-refractivity contribution in [1.82, 2.24) is 15.5 Å². The maximum atomic E-state index is 13.4. The molecule has 0 aliphatic carbocycles. The molecule has 0 radical (unpaired) electrons. The lowest BCUT2D eigenvalue weighted by molar-refractivity contribution is -0.139. The molecule has 4 amide bonds. The number of benzene rings is 1. The van der Waals surface area contributed by atoms with Crippen molar-refractivity contribution in [3.8, 4) is 12.5 Å². The molecule has 0 aliphatic rings.